The minimum absolute atomic E-state index is 0.171. The Labute approximate surface area is 166 Å². The van der Waals surface area contributed by atoms with Gasteiger partial charge in [0.05, 0.1) is 11.1 Å². The van der Waals surface area contributed by atoms with Crippen molar-refractivity contribution in [2.24, 2.45) is 0 Å². The van der Waals surface area contributed by atoms with Crippen LogP contribution < -0.4 is 0 Å². The molecule has 0 aliphatic carbocycles. The lowest BCUT2D eigenvalue weighted by molar-refractivity contribution is -0.279. The molecular weight excluding hydrogens is 386 g/mol. The van der Waals surface area contributed by atoms with Gasteiger partial charge in [-0.1, -0.05) is 36.4 Å². The summed E-state index contributed by atoms with van der Waals surface area (Å²) >= 11 is 0. The summed E-state index contributed by atoms with van der Waals surface area (Å²) in [6.07, 6.45) is -7.95. The Morgan fingerprint density at radius 3 is 1.83 bits per heavy atom. The fourth-order valence-corrected chi connectivity index (χ4v) is 2.97. The Bertz CT molecular complexity index is 816. The molecule has 5 atom stereocenters. The van der Waals surface area contributed by atoms with Crippen LogP contribution in [0, 0.1) is 0 Å². The van der Waals surface area contributed by atoms with Gasteiger partial charge in [0.2, 0.25) is 0 Å². The van der Waals surface area contributed by atoms with E-state index < -0.39 is 49.4 Å². The van der Waals surface area contributed by atoms with Crippen molar-refractivity contribution in [3.05, 3.63) is 71.8 Å². The quantitative estimate of drug-likeness (QED) is 0.687. The monoisotopic (exact) mass is 406 g/mol. The van der Waals surface area contributed by atoms with Crippen LogP contribution in [-0.4, -0.2) is 56.5 Å². The molecule has 0 radical (unpaired) electrons. The Hall–Kier alpha value is -2.84. The summed E-state index contributed by atoms with van der Waals surface area (Å²) in [5, 5.41) is 0. The predicted octanol–water partition coefficient (Wildman–Crippen LogP) is 3.12. The van der Waals surface area contributed by atoms with Crippen LogP contribution in [-0.2, 0) is 18.9 Å². The topological polar surface area (TPSA) is 71.1 Å². The van der Waals surface area contributed by atoms with Crippen LogP contribution in [0.3, 0.4) is 0 Å². The van der Waals surface area contributed by atoms with E-state index in [1.807, 2.05) is 0 Å². The van der Waals surface area contributed by atoms with E-state index >= 15 is 0 Å². The van der Waals surface area contributed by atoms with Crippen molar-refractivity contribution < 1.29 is 37.3 Å². The maximum Gasteiger partial charge on any atom is 0.338 e. The van der Waals surface area contributed by atoms with E-state index in [1.165, 1.54) is 31.4 Å². The van der Waals surface area contributed by atoms with Crippen molar-refractivity contribution in [3.63, 3.8) is 0 Å². The minimum Gasteiger partial charge on any atom is -0.451 e. The molecule has 29 heavy (non-hydrogen) atoms. The van der Waals surface area contributed by atoms with Crippen LogP contribution >= 0.6 is 0 Å². The van der Waals surface area contributed by atoms with E-state index in [1.54, 1.807) is 36.4 Å². The first-order valence-corrected chi connectivity index (χ1v) is 8.95. The number of alkyl halides is 2. The molecule has 6 nitrogen and oxygen atoms in total. The standard InChI is InChI=1S/C21H20F2O6/c1-26-21-18(29-20(25)14-10-6-3-7-11-14)17(16(23)15(12-22)27-21)28-19(24)13-8-4-2-5-9-13/h2-11,15-18,21H,12H2,1H3/t15-,16+,17+,18+,21+/m1/s1. The first-order valence-electron chi connectivity index (χ1n) is 8.95. The van der Waals surface area contributed by atoms with E-state index in [2.05, 4.69) is 0 Å². The molecule has 8 heteroatoms. The van der Waals surface area contributed by atoms with E-state index in [9.17, 15) is 18.4 Å². The maximum absolute atomic E-state index is 14.9. The maximum atomic E-state index is 14.9. The molecule has 1 aliphatic rings. The zero-order valence-corrected chi connectivity index (χ0v) is 15.6. The van der Waals surface area contributed by atoms with Crippen LogP contribution in [0.4, 0.5) is 8.78 Å². The third-order valence-corrected chi connectivity index (χ3v) is 4.46. The van der Waals surface area contributed by atoms with Gasteiger partial charge in [-0.25, -0.2) is 18.4 Å². The van der Waals surface area contributed by atoms with Gasteiger partial charge in [-0.2, -0.15) is 0 Å². The van der Waals surface area contributed by atoms with Crippen LogP contribution in [0.2, 0.25) is 0 Å². The van der Waals surface area contributed by atoms with Crippen LogP contribution in [0.25, 0.3) is 0 Å². The number of hydrogen-bond acceptors (Lipinski definition) is 6. The lowest BCUT2D eigenvalue weighted by Gasteiger charge is -2.41. The SMILES string of the molecule is CO[C@H]1O[C@H](CF)[C@H](F)[C@H](OC(=O)c2ccccc2)[C@@H]1OC(=O)c1ccccc1. The second kappa shape index (κ2) is 9.58. The summed E-state index contributed by atoms with van der Waals surface area (Å²) in [5.41, 5.74) is 0.378. The van der Waals surface area contributed by atoms with Crippen LogP contribution in [0.1, 0.15) is 20.7 Å². The molecule has 154 valence electrons. The van der Waals surface area contributed by atoms with Gasteiger partial charge < -0.3 is 18.9 Å². The third kappa shape index (κ3) is 4.78. The molecule has 0 aromatic heterocycles. The highest BCUT2D eigenvalue weighted by Crippen LogP contribution is 2.30. The van der Waals surface area contributed by atoms with Gasteiger partial charge in [-0.3, -0.25) is 0 Å². The number of methoxy groups -OCH3 is 1. The summed E-state index contributed by atoms with van der Waals surface area (Å²) in [6, 6.07) is 15.9. The third-order valence-electron chi connectivity index (χ3n) is 4.46. The van der Waals surface area contributed by atoms with Crippen LogP contribution in [0.15, 0.2) is 60.7 Å². The van der Waals surface area contributed by atoms with Gasteiger partial charge in [-0.15, -0.1) is 0 Å². The van der Waals surface area contributed by atoms with Crippen LogP contribution in [0.5, 0.6) is 0 Å². The van der Waals surface area contributed by atoms with Crippen molar-refractivity contribution in [2.75, 3.05) is 13.8 Å². The molecule has 0 amide bonds. The minimum atomic E-state index is -2.06. The second-order valence-corrected chi connectivity index (χ2v) is 6.35. The molecule has 0 saturated carbocycles. The molecule has 0 bridgehead atoms. The molecule has 1 saturated heterocycles. The summed E-state index contributed by atoms with van der Waals surface area (Å²) in [6.45, 7) is -1.17. The highest BCUT2D eigenvalue weighted by atomic mass is 19.1. The number of carbonyl (C=O) groups is 2. The summed E-state index contributed by atoms with van der Waals surface area (Å²) in [5.74, 6) is -1.62. The number of hydrogen-bond donors (Lipinski definition) is 0. The van der Waals surface area contributed by atoms with Gasteiger partial charge in [0, 0.05) is 7.11 Å². The van der Waals surface area contributed by atoms with Crippen molar-refractivity contribution in [3.8, 4) is 0 Å². The zero-order valence-electron chi connectivity index (χ0n) is 15.6. The highest BCUT2D eigenvalue weighted by Gasteiger charge is 2.51. The molecular formula is C21H20F2O6. The molecule has 2 aromatic carbocycles. The first kappa shape index (κ1) is 20.9. The smallest absolute Gasteiger partial charge is 0.338 e. The van der Waals surface area contributed by atoms with Gasteiger partial charge >= 0.3 is 11.9 Å². The Kier molecular flexibility index (Phi) is 6.90. The number of carbonyl (C=O) groups excluding carboxylic acids is 2. The molecule has 1 heterocycles. The fraction of sp³-hybridized carbons (Fsp3) is 0.333. The fourth-order valence-electron chi connectivity index (χ4n) is 2.97. The summed E-state index contributed by atoms with van der Waals surface area (Å²) in [7, 11) is 1.23. The van der Waals surface area contributed by atoms with Crippen molar-refractivity contribution in [2.45, 2.75) is 30.8 Å². The average Bonchev–Trinajstić information content (AvgIpc) is 2.77. The molecule has 1 fully saturated rings. The van der Waals surface area contributed by atoms with Crippen molar-refractivity contribution in [1.82, 2.24) is 0 Å². The first-order chi connectivity index (χ1) is 14.0. The van der Waals surface area contributed by atoms with Gasteiger partial charge in [0.15, 0.2) is 24.7 Å². The average molecular weight is 406 g/mol. The second-order valence-electron chi connectivity index (χ2n) is 6.35. The van der Waals surface area contributed by atoms with E-state index in [4.69, 9.17) is 18.9 Å². The van der Waals surface area contributed by atoms with Crippen molar-refractivity contribution >= 4 is 11.9 Å². The lowest BCUT2D eigenvalue weighted by Crippen LogP contribution is -2.59. The number of ether oxygens (including phenoxy) is 4. The zero-order chi connectivity index (χ0) is 20.8. The van der Waals surface area contributed by atoms with Gasteiger partial charge in [0.1, 0.15) is 12.8 Å². The van der Waals surface area contributed by atoms with Crippen molar-refractivity contribution in [1.29, 1.82) is 0 Å². The Morgan fingerprint density at radius 1 is 0.897 bits per heavy atom. The largest absolute Gasteiger partial charge is 0.451 e. The van der Waals surface area contributed by atoms with Gasteiger partial charge in [0.25, 0.3) is 0 Å². The number of esters is 2. The normalized spacial score (nSPS) is 26.5. The predicted molar refractivity (Wildman–Crippen MR) is 97.8 cm³/mol. The number of halogens is 2. The molecule has 0 unspecified atom stereocenters. The molecule has 0 spiro atoms. The number of rotatable bonds is 6. The molecule has 1 aliphatic heterocycles. The molecule has 2 aromatic rings. The Balaban J connectivity index is 1.85. The summed E-state index contributed by atoms with van der Waals surface area (Å²) < 4.78 is 49.2. The lowest BCUT2D eigenvalue weighted by atomic mass is 10.00. The molecule has 0 N–H and O–H groups in total. The number of benzene rings is 2. The molecule has 3 rings (SSSR count). The Morgan fingerprint density at radius 2 is 1.38 bits per heavy atom. The van der Waals surface area contributed by atoms with E-state index in [0.717, 1.165) is 0 Å². The van der Waals surface area contributed by atoms with E-state index in [-0.39, 0.29) is 11.1 Å². The van der Waals surface area contributed by atoms with E-state index in [0.29, 0.717) is 0 Å². The van der Waals surface area contributed by atoms with Gasteiger partial charge in [-0.05, 0) is 24.3 Å². The highest BCUT2D eigenvalue weighted by molar-refractivity contribution is 5.90. The summed E-state index contributed by atoms with van der Waals surface area (Å²) in [4.78, 5) is 24.9.